The highest BCUT2D eigenvalue weighted by molar-refractivity contribution is 5.85. The Morgan fingerprint density at radius 1 is 1.26 bits per heavy atom. The lowest BCUT2D eigenvalue weighted by Gasteiger charge is -2.27. The Kier molecular flexibility index (Phi) is 4.62. The van der Waals surface area contributed by atoms with E-state index < -0.39 is 11.7 Å². The molecule has 0 heterocycles. The number of ether oxygens (including phenoxy) is 1. The minimum atomic E-state index is -0.476. The topological polar surface area (TPSA) is 50.4 Å². The molecule has 2 N–H and O–H groups in total. The molecule has 0 radical (unpaired) electrons. The van der Waals surface area contributed by atoms with Crippen LogP contribution in [-0.4, -0.2) is 18.2 Å². The van der Waals surface area contributed by atoms with Gasteiger partial charge < -0.3 is 10.1 Å². The summed E-state index contributed by atoms with van der Waals surface area (Å²) in [5.74, 6) is 0.897. The van der Waals surface area contributed by atoms with Crippen LogP contribution in [0.25, 0.3) is 0 Å². The third kappa shape index (κ3) is 4.71. The van der Waals surface area contributed by atoms with Crippen LogP contribution in [0.15, 0.2) is 18.2 Å². The van der Waals surface area contributed by atoms with Gasteiger partial charge in [-0.25, -0.2) is 4.79 Å². The standard InChI is InChI=1S/C19H28N2O2/c1-19(2,3)23-18(22)21-15-9-10-16-14(11-15)5-4-6-17(16)20-12-13-7-8-13/h9-11,13,17,20H,4-8,12H2,1-3H3,(H,21,22). The van der Waals surface area contributed by atoms with E-state index in [1.165, 1.54) is 36.8 Å². The third-order valence-corrected chi connectivity index (χ3v) is 4.45. The molecule has 1 amide bonds. The lowest BCUT2D eigenvalue weighted by Crippen LogP contribution is -2.28. The fourth-order valence-electron chi connectivity index (χ4n) is 3.16. The predicted molar refractivity (Wildman–Crippen MR) is 92.7 cm³/mol. The van der Waals surface area contributed by atoms with Gasteiger partial charge in [0.1, 0.15) is 5.60 Å². The van der Waals surface area contributed by atoms with Gasteiger partial charge in [-0.05, 0) is 88.6 Å². The van der Waals surface area contributed by atoms with E-state index in [1.807, 2.05) is 26.8 Å². The van der Waals surface area contributed by atoms with Crippen LogP contribution in [0.5, 0.6) is 0 Å². The molecule has 1 aromatic carbocycles. The number of amides is 1. The first kappa shape index (κ1) is 16.3. The van der Waals surface area contributed by atoms with Gasteiger partial charge in [-0.3, -0.25) is 5.32 Å². The van der Waals surface area contributed by atoms with Crippen molar-refractivity contribution in [1.82, 2.24) is 5.32 Å². The third-order valence-electron chi connectivity index (χ3n) is 4.45. The second-order valence-electron chi connectivity index (χ2n) is 7.84. The molecule has 0 bridgehead atoms. The number of carbonyl (C=O) groups excluding carboxylic acids is 1. The molecule has 1 aromatic rings. The van der Waals surface area contributed by atoms with Crippen molar-refractivity contribution in [2.45, 2.75) is 64.5 Å². The number of rotatable bonds is 4. The Balaban J connectivity index is 1.65. The molecule has 1 atom stereocenters. The van der Waals surface area contributed by atoms with Crippen molar-refractivity contribution < 1.29 is 9.53 Å². The van der Waals surface area contributed by atoms with E-state index in [2.05, 4.69) is 22.8 Å². The zero-order chi connectivity index (χ0) is 16.4. The fourth-order valence-corrected chi connectivity index (χ4v) is 3.16. The molecule has 1 saturated carbocycles. The van der Waals surface area contributed by atoms with E-state index >= 15 is 0 Å². The Labute approximate surface area is 139 Å². The van der Waals surface area contributed by atoms with E-state index in [0.29, 0.717) is 6.04 Å². The van der Waals surface area contributed by atoms with E-state index in [9.17, 15) is 4.79 Å². The molecular formula is C19H28N2O2. The Hall–Kier alpha value is -1.55. The molecule has 3 rings (SSSR count). The average Bonchev–Trinajstić information content (AvgIpc) is 3.26. The highest BCUT2D eigenvalue weighted by Gasteiger charge is 2.25. The maximum absolute atomic E-state index is 11.9. The summed E-state index contributed by atoms with van der Waals surface area (Å²) in [5.41, 5.74) is 3.08. The number of benzene rings is 1. The number of fused-ring (bicyclic) bond motifs is 1. The molecule has 4 heteroatoms. The van der Waals surface area contributed by atoms with E-state index in [-0.39, 0.29) is 0 Å². The molecule has 0 aliphatic heterocycles. The number of aryl methyl sites for hydroxylation is 1. The monoisotopic (exact) mass is 316 g/mol. The molecule has 2 aliphatic rings. The van der Waals surface area contributed by atoms with Crippen molar-refractivity contribution in [3.8, 4) is 0 Å². The number of carbonyl (C=O) groups is 1. The van der Waals surface area contributed by atoms with Crippen LogP contribution in [0.2, 0.25) is 0 Å². The second-order valence-corrected chi connectivity index (χ2v) is 7.84. The van der Waals surface area contributed by atoms with Crippen molar-refractivity contribution in [2.75, 3.05) is 11.9 Å². The number of hydrogen-bond donors (Lipinski definition) is 2. The summed E-state index contributed by atoms with van der Waals surface area (Å²) in [7, 11) is 0. The lowest BCUT2D eigenvalue weighted by molar-refractivity contribution is 0.0636. The number of anilines is 1. The summed E-state index contributed by atoms with van der Waals surface area (Å²) in [6.45, 7) is 6.75. The van der Waals surface area contributed by atoms with Gasteiger partial charge in [0.25, 0.3) is 0 Å². The summed E-state index contributed by atoms with van der Waals surface area (Å²) in [4.78, 5) is 11.9. The smallest absolute Gasteiger partial charge is 0.412 e. The van der Waals surface area contributed by atoms with E-state index in [4.69, 9.17) is 4.74 Å². The van der Waals surface area contributed by atoms with E-state index in [0.717, 1.165) is 24.6 Å². The Bertz CT molecular complexity index is 573. The van der Waals surface area contributed by atoms with E-state index in [1.54, 1.807) is 0 Å². The zero-order valence-corrected chi connectivity index (χ0v) is 14.4. The molecule has 1 unspecified atom stereocenters. The minimum Gasteiger partial charge on any atom is -0.444 e. The van der Waals surface area contributed by atoms with Crippen molar-refractivity contribution in [3.05, 3.63) is 29.3 Å². The molecule has 0 aromatic heterocycles. The molecule has 2 aliphatic carbocycles. The van der Waals surface area contributed by atoms with Gasteiger partial charge in [-0.15, -0.1) is 0 Å². The molecule has 0 spiro atoms. The van der Waals surface area contributed by atoms with Crippen molar-refractivity contribution in [1.29, 1.82) is 0 Å². The SMILES string of the molecule is CC(C)(C)OC(=O)Nc1ccc2c(c1)CCCC2NCC1CC1. The Morgan fingerprint density at radius 3 is 2.74 bits per heavy atom. The molecule has 4 nitrogen and oxygen atoms in total. The van der Waals surface area contributed by atoms with Crippen molar-refractivity contribution >= 4 is 11.8 Å². The summed E-state index contributed by atoms with van der Waals surface area (Å²) in [6.07, 6.45) is 5.86. The predicted octanol–water partition coefficient (Wildman–Crippen LogP) is 4.41. The van der Waals surface area contributed by atoms with Gasteiger partial charge in [0.05, 0.1) is 0 Å². The van der Waals surface area contributed by atoms with Crippen LogP contribution in [0.1, 0.15) is 63.6 Å². The van der Waals surface area contributed by atoms with Gasteiger partial charge >= 0.3 is 6.09 Å². The maximum Gasteiger partial charge on any atom is 0.412 e. The van der Waals surface area contributed by atoms with Crippen LogP contribution < -0.4 is 10.6 Å². The van der Waals surface area contributed by atoms with Crippen LogP contribution >= 0.6 is 0 Å². The minimum absolute atomic E-state index is 0.392. The fraction of sp³-hybridized carbons (Fsp3) is 0.632. The number of hydrogen-bond acceptors (Lipinski definition) is 3. The second kappa shape index (κ2) is 6.52. The molecule has 23 heavy (non-hydrogen) atoms. The van der Waals surface area contributed by atoms with Gasteiger partial charge in [-0.1, -0.05) is 6.07 Å². The number of nitrogens with one attached hydrogen (secondary N) is 2. The first-order valence-electron chi connectivity index (χ1n) is 8.77. The molecule has 126 valence electrons. The van der Waals surface area contributed by atoms with Crippen LogP contribution in [-0.2, 0) is 11.2 Å². The summed E-state index contributed by atoms with van der Waals surface area (Å²) in [6, 6.07) is 6.71. The summed E-state index contributed by atoms with van der Waals surface area (Å²) in [5, 5.41) is 6.56. The zero-order valence-electron chi connectivity index (χ0n) is 14.4. The van der Waals surface area contributed by atoms with Crippen LogP contribution in [0.4, 0.5) is 10.5 Å². The van der Waals surface area contributed by atoms with Gasteiger partial charge in [0.2, 0.25) is 0 Å². The molecular weight excluding hydrogens is 288 g/mol. The lowest BCUT2D eigenvalue weighted by atomic mass is 9.87. The Morgan fingerprint density at radius 2 is 2.04 bits per heavy atom. The summed E-state index contributed by atoms with van der Waals surface area (Å²) < 4.78 is 5.32. The van der Waals surface area contributed by atoms with Crippen molar-refractivity contribution in [3.63, 3.8) is 0 Å². The van der Waals surface area contributed by atoms with Gasteiger partial charge in [0.15, 0.2) is 0 Å². The quantitative estimate of drug-likeness (QED) is 0.865. The maximum atomic E-state index is 11.9. The summed E-state index contributed by atoms with van der Waals surface area (Å²) >= 11 is 0. The van der Waals surface area contributed by atoms with Gasteiger partial charge in [-0.2, -0.15) is 0 Å². The first-order chi connectivity index (χ1) is 10.9. The van der Waals surface area contributed by atoms with Crippen LogP contribution in [0.3, 0.4) is 0 Å². The van der Waals surface area contributed by atoms with Crippen molar-refractivity contribution in [2.24, 2.45) is 5.92 Å². The average molecular weight is 316 g/mol. The molecule has 1 fully saturated rings. The first-order valence-corrected chi connectivity index (χ1v) is 8.77. The largest absolute Gasteiger partial charge is 0.444 e. The van der Waals surface area contributed by atoms with Gasteiger partial charge in [0, 0.05) is 11.7 Å². The molecule has 0 saturated heterocycles. The normalized spacial score (nSPS) is 20.7. The van der Waals surface area contributed by atoms with Crippen LogP contribution in [0, 0.1) is 5.92 Å². The highest BCUT2D eigenvalue weighted by Crippen LogP contribution is 2.34. The highest BCUT2D eigenvalue weighted by atomic mass is 16.6.